The van der Waals surface area contributed by atoms with Crippen molar-refractivity contribution in [3.05, 3.63) is 0 Å². The van der Waals surface area contributed by atoms with Gasteiger partial charge >= 0.3 is 11.9 Å². The predicted octanol–water partition coefficient (Wildman–Crippen LogP) is 0.550. The molecule has 1 N–H and O–H groups in total. The maximum absolute atomic E-state index is 11.3. The number of carboxylic acids is 1. The highest BCUT2D eigenvalue weighted by molar-refractivity contribution is 7.87. The van der Waals surface area contributed by atoms with Gasteiger partial charge in [-0.3, -0.25) is 13.8 Å². The molecular formula is C9H16O5S. The van der Waals surface area contributed by atoms with Gasteiger partial charge in [0.15, 0.2) is 0 Å². The van der Waals surface area contributed by atoms with Gasteiger partial charge < -0.3 is 9.84 Å². The van der Waals surface area contributed by atoms with E-state index in [0.29, 0.717) is 6.42 Å². The van der Waals surface area contributed by atoms with Crippen LogP contribution in [-0.4, -0.2) is 38.4 Å². The van der Waals surface area contributed by atoms with Gasteiger partial charge in [0, 0.05) is 10.8 Å². The molecule has 0 radical (unpaired) electrons. The number of carboxylic acid groups (broad SMARTS) is 1. The number of aliphatic carboxylic acids is 1. The van der Waals surface area contributed by atoms with Gasteiger partial charge in [0.25, 0.3) is 0 Å². The number of carbonyl (C=O) groups excluding carboxylic acids is 1. The summed E-state index contributed by atoms with van der Waals surface area (Å²) in [5, 5.41) is 7.50. The Kier molecular flexibility index (Phi) is 6.15. The maximum Gasteiger partial charge on any atom is 0.321 e. The molecule has 0 spiro atoms. The molecule has 0 aliphatic heterocycles. The van der Waals surface area contributed by atoms with Gasteiger partial charge in [-0.2, -0.15) is 0 Å². The van der Waals surface area contributed by atoms with Gasteiger partial charge in [0.2, 0.25) is 0 Å². The van der Waals surface area contributed by atoms with E-state index in [9.17, 15) is 13.8 Å². The lowest BCUT2D eigenvalue weighted by Gasteiger charge is -2.14. The molecule has 0 rings (SSSR count). The molecule has 0 aliphatic rings. The van der Waals surface area contributed by atoms with Crippen LogP contribution in [0.5, 0.6) is 0 Å². The molecule has 0 heterocycles. The highest BCUT2D eigenvalue weighted by Gasteiger charge is 2.24. The summed E-state index contributed by atoms with van der Waals surface area (Å²) in [5.74, 6) is -2.32. The van der Waals surface area contributed by atoms with Crippen molar-refractivity contribution in [3.8, 4) is 0 Å². The van der Waals surface area contributed by atoms with Crippen LogP contribution in [0, 0.1) is 0 Å². The van der Waals surface area contributed by atoms with E-state index in [1.165, 1.54) is 6.92 Å². The average molecular weight is 236 g/mol. The van der Waals surface area contributed by atoms with Crippen LogP contribution in [-0.2, 0) is 25.1 Å². The lowest BCUT2D eigenvalue weighted by Crippen LogP contribution is -2.30. The summed E-state index contributed by atoms with van der Waals surface area (Å²) in [6.07, 6.45) is 0.436. The van der Waals surface area contributed by atoms with Crippen molar-refractivity contribution < 1.29 is 23.6 Å². The summed E-state index contributed by atoms with van der Waals surface area (Å²) >= 11 is 0. The zero-order valence-corrected chi connectivity index (χ0v) is 9.87. The molecule has 0 fully saturated rings. The Morgan fingerprint density at radius 2 is 1.93 bits per heavy atom. The van der Waals surface area contributed by atoms with Crippen LogP contribution in [0.3, 0.4) is 0 Å². The van der Waals surface area contributed by atoms with Gasteiger partial charge in [-0.05, 0) is 20.3 Å². The number of carbonyl (C=O) groups is 2. The summed E-state index contributed by atoms with van der Waals surface area (Å²) in [5.41, 5.74) is 0. The summed E-state index contributed by atoms with van der Waals surface area (Å²) in [6.45, 7) is 4.99. The van der Waals surface area contributed by atoms with Crippen molar-refractivity contribution in [2.45, 2.75) is 38.5 Å². The van der Waals surface area contributed by atoms with Crippen molar-refractivity contribution in [1.29, 1.82) is 0 Å². The van der Waals surface area contributed by atoms with Crippen LogP contribution in [0.25, 0.3) is 0 Å². The summed E-state index contributed by atoms with van der Waals surface area (Å²) in [4.78, 5) is 21.6. The molecule has 0 saturated heterocycles. The van der Waals surface area contributed by atoms with E-state index in [1.807, 2.05) is 6.92 Å². The van der Waals surface area contributed by atoms with E-state index in [1.54, 1.807) is 6.92 Å². The Hall–Kier alpha value is -0.910. The fraction of sp³-hybridized carbons (Fsp3) is 0.778. The van der Waals surface area contributed by atoms with Crippen molar-refractivity contribution >= 4 is 22.7 Å². The molecule has 15 heavy (non-hydrogen) atoms. The Labute approximate surface area is 91.3 Å². The van der Waals surface area contributed by atoms with Crippen LogP contribution in [0.1, 0.15) is 27.2 Å². The fourth-order valence-corrected chi connectivity index (χ4v) is 1.50. The summed E-state index contributed by atoms with van der Waals surface area (Å²) in [6, 6.07) is 0. The van der Waals surface area contributed by atoms with E-state index < -0.39 is 33.7 Å². The van der Waals surface area contributed by atoms with Crippen molar-refractivity contribution in [2.75, 3.05) is 5.75 Å². The molecule has 0 aromatic heterocycles. The van der Waals surface area contributed by atoms with Gasteiger partial charge in [0.1, 0.15) is 11.0 Å². The number of rotatable bonds is 6. The maximum atomic E-state index is 11.3. The van der Waals surface area contributed by atoms with Crippen LogP contribution < -0.4 is 0 Å². The van der Waals surface area contributed by atoms with E-state index >= 15 is 0 Å². The van der Waals surface area contributed by atoms with Crippen LogP contribution in [0.15, 0.2) is 0 Å². The first kappa shape index (κ1) is 14.1. The van der Waals surface area contributed by atoms with Gasteiger partial charge in [0.05, 0.1) is 6.10 Å². The smallest absolute Gasteiger partial charge is 0.321 e. The third-order valence-electron chi connectivity index (χ3n) is 1.88. The zero-order chi connectivity index (χ0) is 12.0. The first-order chi connectivity index (χ1) is 6.88. The summed E-state index contributed by atoms with van der Waals surface area (Å²) < 4.78 is 16.2. The third-order valence-corrected chi connectivity index (χ3v) is 3.40. The first-order valence-corrected chi connectivity index (χ1v) is 6.06. The Morgan fingerprint density at radius 3 is 2.33 bits per heavy atom. The molecule has 6 heteroatoms. The number of hydrogen-bond donors (Lipinski definition) is 1. The molecule has 0 amide bonds. The largest absolute Gasteiger partial charge is 0.481 e. The van der Waals surface area contributed by atoms with E-state index in [4.69, 9.17) is 9.84 Å². The second kappa shape index (κ2) is 6.55. The third kappa shape index (κ3) is 5.51. The molecule has 3 unspecified atom stereocenters. The van der Waals surface area contributed by atoms with E-state index in [2.05, 4.69) is 0 Å². The Balaban J connectivity index is 4.19. The Morgan fingerprint density at radius 1 is 1.40 bits per heavy atom. The molecule has 88 valence electrons. The van der Waals surface area contributed by atoms with Crippen LogP contribution >= 0.6 is 0 Å². The van der Waals surface area contributed by atoms with Crippen LogP contribution in [0.4, 0.5) is 0 Å². The topological polar surface area (TPSA) is 80.7 Å². The highest BCUT2D eigenvalue weighted by atomic mass is 32.2. The Bertz CT molecular complexity index is 263. The van der Waals surface area contributed by atoms with Gasteiger partial charge in [-0.25, -0.2) is 0 Å². The monoisotopic (exact) mass is 236 g/mol. The van der Waals surface area contributed by atoms with Crippen molar-refractivity contribution in [3.63, 3.8) is 0 Å². The molecular weight excluding hydrogens is 220 g/mol. The van der Waals surface area contributed by atoms with Gasteiger partial charge in [-0.15, -0.1) is 0 Å². The van der Waals surface area contributed by atoms with Crippen LogP contribution in [0.2, 0.25) is 0 Å². The molecule has 0 saturated carbocycles. The molecule has 0 aromatic carbocycles. The molecule has 0 aliphatic carbocycles. The highest BCUT2D eigenvalue weighted by Crippen LogP contribution is 2.04. The fourth-order valence-electron chi connectivity index (χ4n) is 0.731. The standard InChI is InChI=1S/C9H16O5S/c1-4-6(2)14-9(12)7(3)15(13)5-8(10)11/h6-7H,4-5H2,1-3H3,(H,10,11). The minimum atomic E-state index is -1.72. The minimum Gasteiger partial charge on any atom is -0.481 e. The number of hydrogen-bond acceptors (Lipinski definition) is 4. The van der Waals surface area contributed by atoms with E-state index in [0.717, 1.165) is 0 Å². The lowest BCUT2D eigenvalue weighted by atomic mass is 10.3. The summed E-state index contributed by atoms with van der Waals surface area (Å²) in [7, 11) is -1.72. The second-order valence-corrected chi connectivity index (χ2v) is 4.97. The minimum absolute atomic E-state index is 0.234. The lowest BCUT2D eigenvalue weighted by molar-refractivity contribution is -0.147. The average Bonchev–Trinajstić information content (AvgIpc) is 2.15. The molecule has 3 atom stereocenters. The van der Waals surface area contributed by atoms with E-state index in [-0.39, 0.29) is 6.10 Å². The zero-order valence-electron chi connectivity index (χ0n) is 9.06. The van der Waals surface area contributed by atoms with Crippen molar-refractivity contribution in [2.24, 2.45) is 0 Å². The first-order valence-electron chi connectivity index (χ1n) is 4.68. The second-order valence-electron chi connectivity index (χ2n) is 3.22. The number of ether oxygens (including phenoxy) is 1. The number of esters is 1. The van der Waals surface area contributed by atoms with Gasteiger partial charge in [-0.1, -0.05) is 6.92 Å². The molecule has 0 bridgehead atoms. The molecule has 0 aromatic rings. The predicted molar refractivity (Wildman–Crippen MR) is 56.0 cm³/mol. The molecule has 5 nitrogen and oxygen atoms in total. The van der Waals surface area contributed by atoms with Crippen molar-refractivity contribution in [1.82, 2.24) is 0 Å². The quantitative estimate of drug-likeness (QED) is 0.681. The normalized spacial score (nSPS) is 16.5. The SMILES string of the molecule is CCC(C)OC(=O)C(C)S(=O)CC(=O)O.